The number of guanidine groups is 1. The molecule has 0 amide bonds. The first kappa shape index (κ1) is 23.2. The third kappa shape index (κ3) is 7.03. The summed E-state index contributed by atoms with van der Waals surface area (Å²) in [6, 6.07) is 0. The molecule has 0 bridgehead atoms. The van der Waals surface area contributed by atoms with Crippen molar-refractivity contribution in [3.05, 3.63) is 0 Å². The van der Waals surface area contributed by atoms with Crippen LogP contribution >= 0.6 is 24.0 Å². The van der Waals surface area contributed by atoms with Gasteiger partial charge in [-0.25, -0.2) is 8.42 Å². The first-order valence-corrected chi connectivity index (χ1v) is 12.1. The molecule has 27 heavy (non-hydrogen) atoms. The summed E-state index contributed by atoms with van der Waals surface area (Å²) in [5, 5.41) is 3.54. The molecule has 0 spiro atoms. The van der Waals surface area contributed by atoms with E-state index in [0.717, 1.165) is 51.5 Å². The SMILES string of the molecule is CC(C)C1CCCN(C(=NCC2CCS(=O)(=O)C2)NCC2CCCO2)C1.I. The Kier molecular flexibility index (Phi) is 9.12. The predicted molar refractivity (Wildman–Crippen MR) is 121 cm³/mol. The van der Waals surface area contributed by atoms with E-state index in [-0.39, 0.29) is 36.0 Å². The Morgan fingerprint density at radius 2 is 2.07 bits per heavy atom. The minimum absolute atomic E-state index is 0. The van der Waals surface area contributed by atoms with Crippen LogP contribution in [0.3, 0.4) is 0 Å². The molecule has 3 rings (SSSR count). The lowest BCUT2D eigenvalue weighted by molar-refractivity contribution is 0.112. The van der Waals surface area contributed by atoms with Crippen LogP contribution in [0.5, 0.6) is 0 Å². The zero-order valence-electron chi connectivity index (χ0n) is 16.7. The number of piperidine rings is 1. The lowest BCUT2D eigenvalue weighted by atomic mass is 9.88. The van der Waals surface area contributed by atoms with Gasteiger partial charge >= 0.3 is 0 Å². The van der Waals surface area contributed by atoms with Crippen molar-refractivity contribution < 1.29 is 13.2 Å². The molecule has 3 aliphatic rings. The molecule has 8 heteroatoms. The zero-order valence-corrected chi connectivity index (χ0v) is 19.9. The number of sulfone groups is 1. The second-order valence-electron chi connectivity index (χ2n) is 8.54. The number of hydrogen-bond acceptors (Lipinski definition) is 4. The Labute approximate surface area is 181 Å². The van der Waals surface area contributed by atoms with Gasteiger partial charge in [0.25, 0.3) is 0 Å². The molecule has 3 atom stereocenters. The lowest BCUT2D eigenvalue weighted by Crippen LogP contribution is -2.49. The number of likely N-dealkylation sites (tertiary alicyclic amines) is 1. The lowest BCUT2D eigenvalue weighted by Gasteiger charge is -2.37. The van der Waals surface area contributed by atoms with Gasteiger partial charge in [0.15, 0.2) is 15.8 Å². The molecular formula is C19H36IN3O3S. The van der Waals surface area contributed by atoms with Gasteiger partial charge in [-0.2, -0.15) is 0 Å². The number of nitrogens with one attached hydrogen (secondary N) is 1. The number of ether oxygens (including phenoxy) is 1. The molecule has 6 nitrogen and oxygen atoms in total. The van der Waals surface area contributed by atoms with Gasteiger partial charge in [-0.05, 0) is 49.9 Å². The average Bonchev–Trinajstić information content (AvgIpc) is 3.24. The van der Waals surface area contributed by atoms with Gasteiger partial charge in [-0.3, -0.25) is 4.99 Å². The summed E-state index contributed by atoms with van der Waals surface area (Å²) in [4.78, 5) is 7.24. The van der Waals surface area contributed by atoms with Crippen LogP contribution in [0.25, 0.3) is 0 Å². The predicted octanol–water partition coefficient (Wildman–Crippen LogP) is 2.53. The molecule has 0 aromatic carbocycles. The summed E-state index contributed by atoms with van der Waals surface area (Å²) < 4.78 is 29.2. The maximum atomic E-state index is 11.7. The fourth-order valence-electron chi connectivity index (χ4n) is 4.26. The van der Waals surface area contributed by atoms with Gasteiger partial charge in [0.2, 0.25) is 0 Å². The van der Waals surface area contributed by atoms with Gasteiger partial charge in [0.1, 0.15) is 0 Å². The summed E-state index contributed by atoms with van der Waals surface area (Å²) in [6.45, 7) is 8.93. The molecule has 0 aromatic rings. The van der Waals surface area contributed by atoms with Crippen molar-refractivity contribution in [2.24, 2.45) is 22.7 Å². The van der Waals surface area contributed by atoms with Crippen LogP contribution < -0.4 is 5.32 Å². The van der Waals surface area contributed by atoms with Gasteiger partial charge in [0.05, 0.1) is 17.6 Å². The monoisotopic (exact) mass is 513 g/mol. The second kappa shape index (κ2) is 10.6. The van der Waals surface area contributed by atoms with Gasteiger partial charge in [-0.1, -0.05) is 13.8 Å². The highest BCUT2D eigenvalue weighted by Gasteiger charge is 2.29. The Balaban J connectivity index is 0.00000261. The van der Waals surface area contributed by atoms with E-state index < -0.39 is 9.84 Å². The molecule has 3 unspecified atom stereocenters. The highest BCUT2D eigenvalue weighted by Crippen LogP contribution is 2.24. The minimum Gasteiger partial charge on any atom is -0.376 e. The first-order chi connectivity index (χ1) is 12.4. The summed E-state index contributed by atoms with van der Waals surface area (Å²) in [5.74, 6) is 3.12. The van der Waals surface area contributed by atoms with Crippen LogP contribution in [0.2, 0.25) is 0 Å². The van der Waals surface area contributed by atoms with Crippen LogP contribution in [-0.4, -0.2) is 69.7 Å². The quantitative estimate of drug-likeness (QED) is 0.348. The van der Waals surface area contributed by atoms with E-state index in [4.69, 9.17) is 9.73 Å². The smallest absolute Gasteiger partial charge is 0.194 e. The Morgan fingerprint density at radius 1 is 1.26 bits per heavy atom. The van der Waals surface area contributed by atoms with E-state index in [1.54, 1.807) is 0 Å². The molecule has 3 aliphatic heterocycles. The van der Waals surface area contributed by atoms with E-state index in [0.29, 0.717) is 29.9 Å². The van der Waals surface area contributed by atoms with E-state index in [1.165, 1.54) is 12.8 Å². The average molecular weight is 513 g/mol. The molecule has 3 fully saturated rings. The topological polar surface area (TPSA) is 71.0 Å². The Morgan fingerprint density at radius 3 is 2.70 bits per heavy atom. The summed E-state index contributed by atoms with van der Waals surface area (Å²) in [7, 11) is -2.84. The summed E-state index contributed by atoms with van der Waals surface area (Å²) in [6.07, 6.45) is 5.75. The highest BCUT2D eigenvalue weighted by atomic mass is 127. The van der Waals surface area contributed by atoms with E-state index in [1.807, 2.05) is 0 Å². The van der Waals surface area contributed by atoms with Crippen LogP contribution in [0, 0.1) is 17.8 Å². The third-order valence-corrected chi connectivity index (χ3v) is 7.87. The number of halogens is 1. The number of rotatable bonds is 5. The van der Waals surface area contributed by atoms with Crippen molar-refractivity contribution in [1.29, 1.82) is 0 Å². The van der Waals surface area contributed by atoms with Gasteiger partial charge < -0.3 is 15.0 Å². The molecule has 0 aromatic heterocycles. The van der Waals surface area contributed by atoms with Crippen LogP contribution in [0.4, 0.5) is 0 Å². The molecule has 3 saturated heterocycles. The normalized spacial score (nSPS) is 31.1. The van der Waals surface area contributed by atoms with Crippen LogP contribution in [0.1, 0.15) is 46.0 Å². The fourth-order valence-corrected chi connectivity index (χ4v) is 6.11. The fraction of sp³-hybridized carbons (Fsp3) is 0.947. The van der Waals surface area contributed by atoms with Gasteiger partial charge in [0, 0.05) is 32.8 Å². The molecule has 158 valence electrons. The number of nitrogens with zero attached hydrogens (tertiary/aromatic N) is 2. The molecule has 0 radical (unpaired) electrons. The van der Waals surface area contributed by atoms with Crippen molar-refractivity contribution in [2.45, 2.75) is 52.1 Å². The molecule has 3 heterocycles. The van der Waals surface area contributed by atoms with Crippen molar-refractivity contribution in [2.75, 3.05) is 44.3 Å². The van der Waals surface area contributed by atoms with Crippen LogP contribution in [-0.2, 0) is 14.6 Å². The molecular weight excluding hydrogens is 477 g/mol. The van der Waals surface area contributed by atoms with Crippen molar-refractivity contribution in [1.82, 2.24) is 10.2 Å². The Bertz CT molecular complexity index is 591. The highest BCUT2D eigenvalue weighted by molar-refractivity contribution is 14.0. The van der Waals surface area contributed by atoms with Crippen molar-refractivity contribution in [3.63, 3.8) is 0 Å². The molecule has 0 aliphatic carbocycles. The standard InChI is InChI=1S/C19H35N3O3S.HI/c1-15(2)17-5-3-8-22(13-17)19(21-12-18-6-4-9-25-18)20-11-16-7-10-26(23,24)14-16;/h15-18H,3-14H2,1-2H3,(H,20,21);1H. The maximum absolute atomic E-state index is 11.7. The zero-order chi connectivity index (χ0) is 18.6. The van der Waals surface area contributed by atoms with Crippen molar-refractivity contribution >= 4 is 39.8 Å². The summed E-state index contributed by atoms with van der Waals surface area (Å²) in [5.41, 5.74) is 0. The summed E-state index contributed by atoms with van der Waals surface area (Å²) >= 11 is 0. The minimum atomic E-state index is -2.84. The first-order valence-electron chi connectivity index (χ1n) is 10.3. The van der Waals surface area contributed by atoms with Crippen molar-refractivity contribution in [3.8, 4) is 0 Å². The molecule has 0 saturated carbocycles. The maximum Gasteiger partial charge on any atom is 0.194 e. The van der Waals surface area contributed by atoms with Gasteiger partial charge in [-0.15, -0.1) is 24.0 Å². The third-order valence-electron chi connectivity index (χ3n) is 6.04. The largest absolute Gasteiger partial charge is 0.376 e. The van der Waals surface area contributed by atoms with E-state index in [2.05, 4.69) is 24.1 Å². The number of hydrogen-bond donors (Lipinski definition) is 1. The Hall–Kier alpha value is -0.0900. The number of aliphatic imine (C=N–C) groups is 1. The second-order valence-corrected chi connectivity index (χ2v) is 10.8. The molecule has 1 N–H and O–H groups in total. The van der Waals surface area contributed by atoms with E-state index in [9.17, 15) is 8.42 Å². The van der Waals surface area contributed by atoms with E-state index >= 15 is 0 Å². The van der Waals surface area contributed by atoms with Crippen LogP contribution in [0.15, 0.2) is 4.99 Å².